The zero-order chi connectivity index (χ0) is 10.7. The quantitative estimate of drug-likeness (QED) is 0.612. The Morgan fingerprint density at radius 2 is 2.27 bits per heavy atom. The summed E-state index contributed by atoms with van der Waals surface area (Å²) >= 11 is 3.76. The van der Waals surface area contributed by atoms with Crippen LogP contribution in [-0.4, -0.2) is 19.6 Å². The van der Waals surface area contributed by atoms with Gasteiger partial charge in [0.25, 0.3) is 0 Å². The molecule has 2 atom stereocenters. The summed E-state index contributed by atoms with van der Waals surface area (Å²) in [4.78, 5) is 5.01. The molecular formula is C11H18BrN3. The summed E-state index contributed by atoms with van der Waals surface area (Å²) in [5, 5.41) is 4.12. The minimum absolute atomic E-state index is 0.707. The van der Waals surface area contributed by atoms with Crippen molar-refractivity contribution in [1.29, 1.82) is 0 Å². The Bertz CT molecular complexity index is 311. The van der Waals surface area contributed by atoms with E-state index in [1.165, 1.54) is 32.1 Å². The summed E-state index contributed by atoms with van der Waals surface area (Å²) < 4.78 is 1.90. The largest absolute Gasteiger partial charge is 0.253 e. The Hall–Kier alpha value is -0.380. The first kappa shape index (κ1) is 11.1. The highest BCUT2D eigenvalue weighted by molar-refractivity contribution is 9.09. The van der Waals surface area contributed by atoms with Crippen molar-refractivity contribution in [3.8, 4) is 0 Å². The van der Waals surface area contributed by atoms with Crippen LogP contribution in [0.15, 0.2) is 6.33 Å². The molecule has 0 amide bonds. The molecule has 0 bridgehead atoms. The maximum atomic E-state index is 4.30. The number of halogens is 1. The molecule has 2 unspecified atom stereocenters. The molecule has 4 heteroatoms. The van der Waals surface area contributed by atoms with E-state index in [1.807, 2.05) is 11.7 Å². The number of aryl methyl sites for hydroxylation is 1. The van der Waals surface area contributed by atoms with Crippen LogP contribution in [0.2, 0.25) is 0 Å². The van der Waals surface area contributed by atoms with Gasteiger partial charge in [-0.15, -0.1) is 0 Å². The Labute approximate surface area is 99.4 Å². The van der Waals surface area contributed by atoms with E-state index in [9.17, 15) is 0 Å². The van der Waals surface area contributed by atoms with Gasteiger partial charge in [-0.3, -0.25) is 4.68 Å². The van der Waals surface area contributed by atoms with Crippen molar-refractivity contribution in [2.45, 2.75) is 43.4 Å². The van der Waals surface area contributed by atoms with Gasteiger partial charge in [-0.05, 0) is 25.2 Å². The lowest BCUT2D eigenvalue weighted by molar-refractivity contribution is 0.444. The van der Waals surface area contributed by atoms with Crippen LogP contribution in [-0.2, 0) is 13.5 Å². The third-order valence-electron chi connectivity index (χ3n) is 3.25. The van der Waals surface area contributed by atoms with Gasteiger partial charge < -0.3 is 0 Å². The maximum Gasteiger partial charge on any atom is 0.138 e. The maximum absolute atomic E-state index is 4.30. The second-order valence-corrected chi connectivity index (χ2v) is 5.78. The van der Waals surface area contributed by atoms with E-state index >= 15 is 0 Å². The fourth-order valence-electron chi connectivity index (χ4n) is 2.34. The standard InChI is InChI=1S/C11H18BrN3/c1-15-11(13-8-14-15)7-9-4-2-3-5-10(12)6-9/h8-10H,2-7H2,1H3. The summed E-state index contributed by atoms with van der Waals surface area (Å²) in [6.07, 6.45) is 9.42. The van der Waals surface area contributed by atoms with Crippen molar-refractivity contribution in [2.24, 2.45) is 13.0 Å². The summed E-state index contributed by atoms with van der Waals surface area (Å²) in [7, 11) is 1.98. The predicted molar refractivity (Wildman–Crippen MR) is 64.0 cm³/mol. The highest BCUT2D eigenvalue weighted by atomic mass is 79.9. The third-order valence-corrected chi connectivity index (χ3v) is 4.08. The summed E-state index contributed by atoms with van der Waals surface area (Å²) in [5.74, 6) is 1.90. The molecule has 0 aliphatic heterocycles. The molecule has 15 heavy (non-hydrogen) atoms. The first-order valence-corrected chi connectivity index (χ1v) is 6.64. The number of hydrogen-bond donors (Lipinski definition) is 0. The van der Waals surface area contributed by atoms with Crippen LogP contribution in [0.25, 0.3) is 0 Å². The molecule has 0 radical (unpaired) electrons. The van der Waals surface area contributed by atoms with E-state index in [0.717, 1.165) is 18.2 Å². The summed E-state index contributed by atoms with van der Waals surface area (Å²) in [6, 6.07) is 0. The van der Waals surface area contributed by atoms with Gasteiger partial charge in [-0.2, -0.15) is 5.10 Å². The lowest BCUT2D eigenvalue weighted by Gasteiger charge is -2.15. The molecule has 0 saturated heterocycles. The highest BCUT2D eigenvalue weighted by Gasteiger charge is 2.19. The topological polar surface area (TPSA) is 30.7 Å². The van der Waals surface area contributed by atoms with Gasteiger partial charge >= 0.3 is 0 Å². The first-order chi connectivity index (χ1) is 7.25. The van der Waals surface area contributed by atoms with E-state index in [1.54, 1.807) is 6.33 Å². The lowest BCUT2D eigenvalue weighted by Crippen LogP contribution is -2.11. The Morgan fingerprint density at radius 3 is 3.00 bits per heavy atom. The van der Waals surface area contributed by atoms with Gasteiger partial charge in [-0.1, -0.05) is 28.8 Å². The van der Waals surface area contributed by atoms with Crippen molar-refractivity contribution in [1.82, 2.24) is 14.8 Å². The Balaban J connectivity index is 1.96. The molecular weight excluding hydrogens is 254 g/mol. The number of nitrogens with zero attached hydrogens (tertiary/aromatic N) is 3. The molecule has 1 aromatic heterocycles. The van der Waals surface area contributed by atoms with Crippen LogP contribution < -0.4 is 0 Å². The van der Waals surface area contributed by atoms with Crippen LogP contribution in [0.1, 0.15) is 37.9 Å². The number of alkyl halides is 1. The minimum atomic E-state index is 0.707. The molecule has 3 nitrogen and oxygen atoms in total. The van der Waals surface area contributed by atoms with Crippen LogP contribution in [0, 0.1) is 5.92 Å². The van der Waals surface area contributed by atoms with Gasteiger partial charge in [0.05, 0.1) is 0 Å². The molecule has 1 saturated carbocycles. The van der Waals surface area contributed by atoms with Crippen LogP contribution in [0.5, 0.6) is 0 Å². The normalized spacial score (nSPS) is 27.6. The fraction of sp³-hybridized carbons (Fsp3) is 0.818. The molecule has 0 aromatic carbocycles. The van der Waals surface area contributed by atoms with E-state index in [4.69, 9.17) is 0 Å². The van der Waals surface area contributed by atoms with E-state index < -0.39 is 0 Å². The number of rotatable bonds is 2. The average Bonchev–Trinajstić information content (AvgIpc) is 2.48. The molecule has 2 rings (SSSR count). The van der Waals surface area contributed by atoms with E-state index in [0.29, 0.717) is 4.83 Å². The van der Waals surface area contributed by atoms with E-state index in [-0.39, 0.29) is 0 Å². The predicted octanol–water partition coefficient (Wildman–Crippen LogP) is 2.70. The zero-order valence-corrected chi connectivity index (χ0v) is 10.8. The van der Waals surface area contributed by atoms with Gasteiger partial charge in [0.1, 0.15) is 12.2 Å². The second kappa shape index (κ2) is 5.10. The first-order valence-electron chi connectivity index (χ1n) is 5.72. The van der Waals surface area contributed by atoms with E-state index in [2.05, 4.69) is 26.0 Å². The Kier molecular flexibility index (Phi) is 3.78. The summed E-state index contributed by atoms with van der Waals surface area (Å²) in [6.45, 7) is 0. The monoisotopic (exact) mass is 271 g/mol. The molecule has 84 valence electrons. The Morgan fingerprint density at radius 1 is 1.47 bits per heavy atom. The molecule has 1 aliphatic rings. The van der Waals surface area contributed by atoms with Gasteiger partial charge in [0.15, 0.2) is 0 Å². The molecule has 0 N–H and O–H groups in total. The fourth-order valence-corrected chi connectivity index (χ4v) is 3.20. The molecule has 1 fully saturated rings. The van der Waals surface area contributed by atoms with Gasteiger partial charge in [-0.25, -0.2) is 4.98 Å². The van der Waals surface area contributed by atoms with Crippen molar-refractivity contribution < 1.29 is 0 Å². The van der Waals surface area contributed by atoms with Crippen LogP contribution in [0.3, 0.4) is 0 Å². The molecule has 1 heterocycles. The molecule has 0 spiro atoms. The summed E-state index contributed by atoms with van der Waals surface area (Å²) in [5.41, 5.74) is 0. The number of aromatic nitrogens is 3. The van der Waals surface area contributed by atoms with Crippen molar-refractivity contribution in [2.75, 3.05) is 0 Å². The van der Waals surface area contributed by atoms with Crippen molar-refractivity contribution in [3.63, 3.8) is 0 Å². The smallest absolute Gasteiger partial charge is 0.138 e. The van der Waals surface area contributed by atoms with Gasteiger partial charge in [0.2, 0.25) is 0 Å². The van der Waals surface area contributed by atoms with Crippen molar-refractivity contribution in [3.05, 3.63) is 12.2 Å². The number of hydrogen-bond acceptors (Lipinski definition) is 2. The second-order valence-electron chi connectivity index (χ2n) is 4.49. The third kappa shape index (κ3) is 3.03. The molecule has 1 aromatic rings. The minimum Gasteiger partial charge on any atom is -0.253 e. The lowest BCUT2D eigenvalue weighted by atomic mass is 9.96. The van der Waals surface area contributed by atoms with Crippen LogP contribution in [0.4, 0.5) is 0 Å². The zero-order valence-electron chi connectivity index (χ0n) is 9.19. The van der Waals surface area contributed by atoms with Gasteiger partial charge in [0, 0.05) is 18.3 Å². The SMILES string of the molecule is Cn1ncnc1CC1CCCCC(Br)C1. The average molecular weight is 272 g/mol. The van der Waals surface area contributed by atoms with Crippen LogP contribution >= 0.6 is 15.9 Å². The van der Waals surface area contributed by atoms with Crippen molar-refractivity contribution >= 4 is 15.9 Å². The molecule has 1 aliphatic carbocycles. The highest BCUT2D eigenvalue weighted by Crippen LogP contribution is 2.29.